The fraction of sp³-hybridized carbons (Fsp3) is 0.471. The Morgan fingerprint density at radius 2 is 2.08 bits per heavy atom. The number of hydrogen-bond acceptors (Lipinski definition) is 4. The zero-order chi connectivity index (χ0) is 17.3. The number of aromatic nitrogens is 3. The quantitative estimate of drug-likeness (QED) is 0.884. The van der Waals surface area contributed by atoms with E-state index in [1.807, 2.05) is 49.9 Å². The summed E-state index contributed by atoms with van der Waals surface area (Å²) in [5.74, 6) is 0.953. The number of halogens is 2. The van der Waals surface area contributed by atoms with Crippen LogP contribution in [-0.4, -0.2) is 51.2 Å². The van der Waals surface area contributed by atoms with Gasteiger partial charge in [0.15, 0.2) is 0 Å². The molecule has 0 radical (unpaired) electrons. The maximum Gasteiger partial charge on any atom is 0.293 e. The van der Waals surface area contributed by atoms with Gasteiger partial charge in [-0.2, -0.15) is 0 Å². The van der Waals surface area contributed by atoms with E-state index in [9.17, 15) is 4.79 Å². The molecule has 0 aliphatic carbocycles. The van der Waals surface area contributed by atoms with E-state index >= 15 is 0 Å². The predicted molar refractivity (Wildman–Crippen MR) is 101 cm³/mol. The first-order chi connectivity index (χ1) is 11.5. The van der Waals surface area contributed by atoms with Crippen LogP contribution in [0.3, 0.4) is 0 Å². The molecule has 136 valence electrons. The highest BCUT2D eigenvalue weighted by Crippen LogP contribution is 2.24. The third-order valence-electron chi connectivity index (χ3n) is 4.18. The van der Waals surface area contributed by atoms with Crippen molar-refractivity contribution in [1.29, 1.82) is 0 Å². The molecule has 0 bridgehead atoms. The van der Waals surface area contributed by atoms with E-state index < -0.39 is 0 Å². The van der Waals surface area contributed by atoms with Gasteiger partial charge in [0.25, 0.3) is 5.91 Å². The lowest BCUT2D eigenvalue weighted by Gasteiger charge is -2.33. The van der Waals surface area contributed by atoms with Crippen LogP contribution >= 0.6 is 24.0 Å². The van der Waals surface area contributed by atoms with Crippen molar-refractivity contribution in [1.82, 2.24) is 25.0 Å². The minimum absolute atomic E-state index is 0. The number of para-hydroxylation sites is 1. The van der Waals surface area contributed by atoms with E-state index in [2.05, 4.69) is 15.4 Å². The molecule has 25 heavy (non-hydrogen) atoms. The van der Waals surface area contributed by atoms with Crippen LogP contribution in [0.25, 0.3) is 5.69 Å². The minimum Gasteiger partial charge on any atom is -0.331 e. The van der Waals surface area contributed by atoms with E-state index in [1.54, 1.807) is 4.68 Å². The molecule has 1 aromatic heterocycles. The molecule has 1 aliphatic rings. The summed E-state index contributed by atoms with van der Waals surface area (Å²) in [6, 6.07) is 7.58. The van der Waals surface area contributed by atoms with Gasteiger partial charge in [0.2, 0.25) is 5.82 Å². The topological polar surface area (TPSA) is 63.1 Å². The highest BCUT2D eigenvalue weighted by atomic mass is 35.5. The van der Waals surface area contributed by atoms with Crippen LogP contribution in [0.4, 0.5) is 0 Å². The lowest BCUT2D eigenvalue weighted by Crippen LogP contribution is -2.52. The van der Waals surface area contributed by atoms with Gasteiger partial charge in [-0.3, -0.25) is 4.79 Å². The van der Waals surface area contributed by atoms with Crippen LogP contribution in [0.15, 0.2) is 24.3 Å². The third-order valence-corrected chi connectivity index (χ3v) is 4.50. The second kappa shape index (κ2) is 8.17. The summed E-state index contributed by atoms with van der Waals surface area (Å²) in [7, 11) is 0. The largest absolute Gasteiger partial charge is 0.331 e. The Morgan fingerprint density at radius 3 is 2.72 bits per heavy atom. The molecule has 1 aliphatic heterocycles. The maximum atomic E-state index is 12.8. The van der Waals surface area contributed by atoms with Gasteiger partial charge in [0, 0.05) is 31.6 Å². The summed E-state index contributed by atoms with van der Waals surface area (Å²) in [6.45, 7) is 8.32. The van der Waals surface area contributed by atoms with Crippen molar-refractivity contribution in [2.24, 2.45) is 0 Å². The van der Waals surface area contributed by atoms with E-state index in [0.717, 1.165) is 24.6 Å². The number of amides is 1. The van der Waals surface area contributed by atoms with Crippen molar-refractivity contribution in [3.63, 3.8) is 0 Å². The SMILES string of the molecule is CC(C)c1nc(C(=O)N2CCNC[C@@H]2C)nn1-c1ccccc1Cl.Cl. The van der Waals surface area contributed by atoms with Crippen molar-refractivity contribution >= 4 is 29.9 Å². The van der Waals surface area contributed by atoms with Crippen LogP contribution < -0.4 is 5.32 Å². The summed E-state index contributed by atoms with van der Waals surface area (Å²) in [6.07, 6.45) is 0. The normalized spacial score (nSPS) is 17.5. The fourth-order valence-electron chi connectivity index (χ4n) is 2.86. The number of hydrogen-bond donors (Lipinski definition) is 1. The molecule has 1 atom stereocenters. The zero-order valence-corrected chi connectivity index (χ0v) is 16.1. The average molecular weight is 384 g/mol. The van der Waals surface area contributed by atoms with Gasteiger partial charge < -0.3 is 10.2 Å². The fourth-order valence-corrected chi connectivity index (χ4v) is 3.08. The van der Waals surface area contributed by atoms with Crippen molar-refractivity contribution in [3.05, 3.63) is 40.9 Å². The highest BCUT2D eigenvalue weighted by Gasteiger charge is 2.28. The van der Waals surface area contributed by atoms with E-state index in [0.29, 0.717) is 11.6 Å². The van der Waals surface area contributed by atoms with Crippen LogP contribution in [0.1, 0.15) is 43.1 Å². The molecule has 1 N–H and O–H groups in total. The van der Waals surface area contributed by atoms with Gasteiger partial charge in [-0.25, -0.2) is 9.67 Å². The molecular weight excluding hydrogens is 361 g/mol. The zero-order valence-electron chi connectivity index (χ0n) is 14.6. The van der Waals surface area contributed by atoms with E-state index in [4.69, 9.17) is 11.6 Å². The number of benzene rings is 1. The summed E-state index contributed by atoms with van der Waals surface area (Å²) in [4.78, 5) is 19.2. The summed E-state index contributed by atoms with van der Waals surface area (Å²) >= 11 is 6.30. The molecule has 0 spiro atoms. The summed E-state index contributed by atoms with van der Waals surface area (Å²) in [5, 5.41) is 8.35. The van der Waals surface area contributed by atoms with Gasteiger partial charge in [-0.1, -0.05) is 37.6 Å². The number of rotatable bonds is 3. The van der Waals surface area contributed by atoms with Crippen molar-refractivity contribution in [2.75, 3.05) is 19.6 Å². The number of nitrogens with zero attached hydrogens (tertiary/aromatic N) is 4. The van der Waals surface area contributed by atoms with Crippen LogP contribution in [0, 0.1) is 0 Å². The lowest BCUT2D eigenvalue weighted by atomic mass is 10.2. The third kappa shape index (κ3) is 3.97. The van der Waals surface area contributed by atoms with Crippen molar-refractivity contribution in [3.8, 4) is 5.69 Å². The van der Waals surface area contributed by atoms with Gasteiger partial charge in [0.1, 0.15) is 5.82 Å². The minimum atomic E-state index is -0.128. The first kappa shape index (κ1) is 19.7. The monoisotopic (exact) mass is 383 g/mol. The van der Waals surface area contributed by atoms with Gasteiger partial charge in [-0.05, 0) is 19.1 Å². The lowest BCUT2D eigenvalue weighted by molar-refractivity contribution is 0.0643. The number of nitrogens with one attached hydrogen (secondary N) is 1. The molecule has 1 fully saturated rings. The molecule has 3 rings (SSSR count). The second-order valence-electron chi connectivity index (χ2n) is 6.36. The number of carbonyl (C=O) groups is 1. The smallest absolute Gasteiger partial charge is 0.293 e. The number of piperazine rings is 1. The van der Waals surface area contributed by atoms with Gasteiger partial charge in [0.05, 0.1) is 10.7 Å². The molecule has 8 heteroatoms. The first-order valence-corrected chi connectivity index (χ1v) is 8.60. The van der Waals surface area contributed by atoms with Gasteiger partial charge in [-0.15, -0.1) is 17.5 Å². The summed E-state index contributed by atoms with van der Waals surface area (Å²) < 4.78 is 1.69. The van der Waals surface area contributed by atoms with Crippen LogP contribution in [-0.2, 0) is 0 Å². The highest BCUT2D eigenvalue weighted by molar-refractivity contribution is 6.32. The van der Waals surface area contributed by atoms with Crippen LogP contribution in [0.5, 0.6) is 0 Å². The van der Waals surface area contributed by atoms with Gasteiger partial charge >= 0.3 is 0 Å². The Morgan fingerprint density at radius 1 is 1.36 bits per heavy atom. The number of carbonyl (C=O) groups excluding carboxylic acids is 1. The Bertz CT molecular complexity index is 746. The molecule has 0 saturated carbocycles. The molecule has 6 nitrogen and oxygen atoms in total. The van der Waals surface area contributed by atoms with Crippen molar-refractivity contribution in [2.45, 2.75) is 32.7 Å². The Balaban J connectivity index is 0.00000225. The van der Waals surface area contributed by atoms with E-state index in [1.165, 1.54) is 0 Å². The molecular formula is C17H23Cl2N5O. The average Bonchev–Trinajstić information content (AvgIpc) is 3.00. The van der Waals surface area contributed by atoms with Crippen LogP contribution in [0.2, 0.25) is 5.02 Å². The molecule has 1 amide bonds. The molecule has 1 aromatic carbocycles. The van der Waals surface area contributed by atoms with E-state index in [-0.39, 0.29) is 36.1 Å². The maximum absolute atomic E-state index is 12.8. The summed E-state index contributed by atoms with van der Waals surface area (Å²) in [5.41, 5.74) is 0.739. The Hall–Kier alpha value is -1.63. The Labute approximate surface area is 159 Å². The molecule has 2 aromatic rings. The van der Waals surface area contributed by atoms with Crippen molar-refractivity contribution < 1.29 is 4.79 Å². The first-order valence-electron chi connectivity index (χ1n) is 8.22. The molecule has 1 saturated heterocycles. The predicted octanol–water partition coefficient (Wildman–Crippen LogP) is 2.90. The second-order valence-corrected chi connectivity index (χ2v) is 6.77. The Kier molecular flexibility index (Phi) is 6.43. The molecule has 2 heterocycles. The molecule has 0 unspecified atom stereocenters. The standard InChI is InChI=1S/C17H22ClN5O.ClH/c1-11(2)16-20-15(17(24)22-9-8-19-10-12(22)3)21-23(16)14-7-5-4-6-13(14)18;/h4-7,11-12,19H,8-10H2,1-3H3;1H/t12-;/m0./s1.